The number of para-hydroxylation sites is 2. The lowest BCUT2D eigenvalue weighted by atomic mass is 10.0. The SMILES string of the molecule is COCn1c(-c2ccccc2NC(=O)OC(C)(C)C)c(CC#N)c2ccccc21. The Labute approximate surface area is 170 Å². The molecule has 6 heteroatoms. The molecule has 3 aromatic rings. The fraction of sp³-hybridized carbons (Fsp3) is 0.304. The highest BCUT2D eigenvalue weighted by molar-refractivity contribution is 5.97. The molecule has 3 rings (SSSR count). The second kappa shape index (κ2) is 8.38. The number of nitriles is 1. The predicted octanol–water partition coefficient (Wildman–Crippen LogP) is 5.33. The Morgan fingerprint density at radius 3 is 2.52 bits per heavy atom. The molecule has 0 aliphatic rings. The third kappa shape index (κ3) is 4.41. The second-order valence-corrected chi connectivity index (χ2v) is 7.70. The van der Waals surface area contributed by atoms with Crippen LogP contribution in [0.3, 0.4) is 0 Å². The number of hydrogen-bond donors (Lipinski definition) is 1. The molecule has 0 aliphatic carbocycles. The summed E-state index contributed by atoms with van der Waals surface area (Å²) in [5.41, 5.74) is 3.54. The van der Waals surface area contributed by atoms with Gasteiger partial charge in [-0.05, 0) is 38.5 Å². The number of carbonyl (C=O) groups is 1. The molecule has 0 saturated heterocycles. The number of carbonyl (C=O) groups excluding carboxylic acids is 1. The van der Waals surface area contributed by atoms with Crippen molar-refractivity contribution >= 4 is 22.7 Å². The van der Waals surface area contributed by atoms with Gasteiger partial charge in [0.1, 0.15) is 12.3 Å². The lowest BCUT2D eigenvalue weighted by Gasteiger charge is -2.21. The minimum atomic E-state index is -0.601. The summed E-state index contributed by atoms with van der Waals surface area (Å²) < 4.78 is 12.9. The Morgan fingerprint density at radius 2 is 1.83 bits per heavy atom. The summed E-state index contributed by atoms with van der Waals surface area (Å²) in [6.07, 6.45) is -0.283. The van der Waals surface area contributed by atoms with Crippen molar-refractivity contribution in [3.05, 3.63) is 54.1 Å². The van der Waals surface area contributed by atoms with Crippen molar-refractivity contribution in [2.45, 2.75) is 39.5 Å². The van der Waals surface area contributed by atoms with Crippen molar-refractivity contribution < 1.29 is 14.3 Å². The molecule has 0 spiro atoms. The number of aromatic nitrogens is 1. The van der Waals surface area contributed by atoms with E-state index in [2.05, 4.69) is 11.4 Å². The van der Waals surface area contributed by atoms with Crippen LogP contribution in [0.1, 0.15) is 26.3 Å². The Bertz CT molecular complexity index is 1070. The Balaban J connectivity index is 2.18. The maximum Gasteiger partial charge on any atom is 0.412 e. The number of hydrogen-bond acceptors (Lipinski definition) is 4. The van der Waals surface area contributed by atoms with Crippen LogP contribution < -0.4 is 5.32 Å². The largest absolute Gasteiger partial charge is 0.444 e. The molecule has 1 amide bonds. The molecule has 1 aromatic heterocycles. The number of ether oxygens (including phenoxy) is 2. The lowest BCUT2D eigenvalue weighted by molar-refractivity contribution is 0.0636. The zero-order valence-electron chi connectivity index (χ0n) is 17.2. The van der Waals surface area contributed by atoms with E-state index in [-0.39, 0.29) is 6.42 Å². The van der Waals surface area contributed by atoms with Crippen LogP contribution in [-0.4, -0.2) is 23.4 Å². The van der Waals surface area contributed by atoms with Crippen molar-refractivity contribution in [1.82, 2.24) is 4.57 Å². The van der Waals surface area contributed by atoms with E-state index in [0.717, 1.165) is 27.7 Å². The molecule has 0 bridgehead atoms. The molecule has 0 aliphatic heterocycles. The molecule has 1 heterocycles. The summed E-state index contributed by atoms with van der Waals surface area (Å²) in [5.74, 6) is 0. The van der Waals surface area contributed by atoms with Crippen LogP contribution in [0.25, 0.3) is 22.2 Å². The molecule has 2 aromatic carbocycles. The third-order valence-corrected chi connectivity index (χ3v) is 4.41. The Morgan fingerprint density at radius 1 is 1.14 bits per heavy atom. The molecule has 150 valence electrons. The van der Waals surface area contributed by atoms with Crippen molar-refractivity contribution in [3.8, 4) is 17.3 Å². The highest BCUT2D eigenvalue weighted by Gasteiger charge is 2.22. The average Bonchev–Trinajstić information content (AvgIpc) is 2.95. The summed E-state index contributed by atoms with van der Waals surface area (Å²) >= 11 is 0. The summed E-state index contributed by atoms with van der Waals surface area (Å²) in [4.78, 5) is 12.4. The molecular formula is C23H25N3O3. The molecule has 0 unspecified atom stereocenters. The average molecular weight is 391 g/mol. The van der Waals surface area contributed by atoms with Crippen LogP contribution in [0.15, 0.2) is 48.5 Å². The zero-order valence-corrected chi connectivity index (χ0v) is 17.2. The monoisotopic (exact) mass is 391 g/mol. The third-order valence-electron chi connectivity index (χ3n) is 4.41. The van der Waals surface area contributed by atoms with Gasteiger partial charge in [-0.15, -0.1) is 0 Å². The standard InChI is InChI=1S/C23H25N3O3/c1-23(2,3)29-22(27)25-19-11-7-5-10-18(19)21-17(13-14-24)16-9-6-8-12-20(16)26(21)15-28-4/h5-12H,13,15H2,1-4H3,(H,25,27). The second-order valence-electron chi connectivity index (χ2n) is 7.70. The highest BCUT2D eigenvalue weighted by atomic mass is 16.6. The van der Waals surface area contributed by atoms with Gasteiger partial charge in [-0.25, -0.2) is 4.79 Å². The molecule has 0 atom stereocenters. The molecule has 0 radical (unpaired) electrons. The number of nitrogens with one attached hydrogen (secondary N) is 1. The molecule has 0 fully saturated rings. The number of fused-ring (bicyclic) bond motifs is 1. The van der Waals surface area contributed by atoms with Gasteiger partial charge in [0.25, 0.3) is 0 Å². The highest BCUT2D eigenvalue weighted by Crippen LogP contribution is 2.38. The van der Waals surface area contributed by atoms with Crippen molar-refractivity contribution in [2.75, 3.05) is 12.4 Å². The van der Waals surface area contributed by atoms with Crippen LogP contribution >= 0.6 is 0 Å². The van der Waals surface area contributed by atoms with E-state index in [1.807, 2.05) is 73.9 Å². The first-order valence-corrected chi connectivity index (χ1v) is 9.41. The first-order valence-electron chi connectivity index (χ1n) is 9.41. The maximum absolute atomic E-state index is 12.4. The minimum Gasteiger partial charge on any atom is -0.444 e. The zero-order chi connectivity index (χ0) is 21.0. The number of nitrogens with zero attached hydrogens (tertiary/aromatic N) is 2. The smallest absolute Gasteiger partial charge is 0.412 e. The fourth-order valence-electron chi connectivity index (χ4n) is 3.42. The van der Waals surface area contributed by atoms with E-state index in [9.17, 15) is 10.1 Å². The first kappa shape index (κ1) is 20.4. The normalized spacial score (nSPS) is 11.3. The van der Waals surface area contributed by atoms with Crippen LogP contribution in [0.4, 0.5) is 10.5 Å². The summed E-state index contributed by atoms with van der Waals surface area (Å²) in [5, 5.41) is 13.3. The molecule has 6 nitrogen and oxygen atoms in total. The minimum absolute atomic E-state index is 0.243. The van der Waals surface area contributed by atoms with Crippen LogP contribution in [-0.2, 0) is 22.6 Å². The van der Waals surface area contributed by atoms with Gasteiger partial charge in [-0.2, -0.15) is 5.26 Å². The van der Waals surface area contributed by atoms with Gasteiger partial charge in [-0.3, -0.25) is 5.32 Å². The quantitative estimate of drug-likeness (QED) is 0.638. The van der Waals surface area contributed by atoms with Crippen molar-refractivity contribution in [2.24, 2.45) is 0 Å². The number of anilines is 1. The summed E-state index contributed by atoms with van der Waals surface area (Å²) in [6, 6.07) is 17.7. The van der Waals surface area contributed by atoms with Gasteiger partial charge >= 0.3 is 6.09 Å². The van der Waals surface area contributed by atoms with Crippen LogP contribution in [0, 0.1) is 11.3 Å². The molecular weight excluding hydrogens is 366 g/mol. The Hall–Kier alpha value is -3.30. The van der Waals surface area contributed by atoms with Gasteiger partial charge in [0, 0.05) is 18.1 Å². The number of amides is 1. The molecule has 1 N–H and O–H groups in total. The van der Waals surface area contributed by atoms with Crippen molar-refractivity contribution in [1.29, 1.82) is 5.26 Å². The van der Waals surface area contributed by atoms with Gasteiger partial charge < -0.3 is 14.0 Å². The number of methoxy groups -OCH3 is 1. The lowest BCUT2D eigenvalue weighted by Crippen LogP contribution is -2.27. The van der Waals surface area contributed by atoms with Crippen LogP contribution in [0.2, 0.25) is 0 Å². The topological polar surface area (TPSA) is 76.3 Å². The molecule has 29 heavy (non-hydrogen) atoms. The van der Waals surface area contributed by atoms with E-state index in [1.54, 1.807) is 7.11 Å². The fourth-order valence-corrected chi connectivity index (χ4v) is 3.42. The van der Waals surface area contributed by atoms with Crippen LogP contribution in [0.5, 0.6) is 0 Å². The van der Waals surface area contributed by atoms with E-state index in [4.69, 9.17) is 9.47 Å². The van der Waals surface area contributed by atoms with E-state index < -0.39 is 11.7 Å². The predicted molar refractivity (Wildman–Crippen MR) is 114 cm³/mol. The Kier molecular flexibility index (Phi) is 5.90. The van der Waals surface area contributed by atoms with Gasteiger partial charge in [0.15, 0.2) is 0 Å². The molecule has 0 saturated carbocycles. The maximum atomic E-state index is 12.4. The van der Waals surface area contributed by atoms with Gasteiger partial charge in [0.05, 0.1) is 29.4 Å². The van der Waals surface area contributed by atoms with Gasteiger partial charge in [-0.1, -0.05) is 36.4 Å². The number of benzene rings is 2. The first-order chi connectivity index (χ1) is 13.9. The van der Waals surface area contributed by atoms with E-state index >= 15 is 0 Å². The number of rotatable bonds is 5. The van der Waals surface area contributed by atoms with E-state index in [1.165, 1.54) is 0 Å². The summed E-state index contributed by atoms with van der Waals surface area (Å²) in [6.45, 7) is 5.78. The summed E-state index contributed by atoms with van der Waals surface area (Å²) in [7, 11) is 1.63. The van der Waals surface area contributed by atoms with Crippen molar-refractivity contribution in [3.63, 3.8) is 0 Å². The van der Waals surface area contributed by atoms with E-state index in [0.29, 0.717) is 12.4 Å². The van der Waals surface area contributed by atoms with Gasteiger partial charge in [0.2, 0.25) is 0 Å².